The van der Waals surface area contributed by atoms with Gasteiger partial charge in [-0.25, -0.2) is 0 Å². The summed E-state index contributed by atoms with van der Waals surface area (Å²) in [6, 6.07) is 21.1. The van der Waals surface area contributed by atoms with Crippen molar-refractivity contribution < 1.29 is 17.9 Å². The molecule has 7 nitrogen and oxygen atoms in total. The van der Waals surface area contributed by atoms with Crippen LogP contribution in [0.1, 0.15) is 22.3 Å². The monoisotopic (exact) mass is 495 g/mol. The van der Waals surface area contributed by atoms with Crippen LogP contribution in [0.3, 0.4) is 0 Å². The first-order valence-corrected chi connectivity index (χ1v) is 11.0. The average molecular weight is 496 g/mol. The Hall–Kier alpha value is -4.47. The van der Waals surface area contributed by atoms with Crippen molar-refractivity contribution in [2.75, 3.05) is 18.2 Å². The summed E-state index contributed by atoms with van der Waals surface area (Å²) < 4.78 is 45.3. The van der Waals surface area contributed by atoms with E-state index in [1.807, 2.05) is 42.5 Å². The number of hydrogen-bond acceptors (Lipinski definition) is 4. The lowest BCUT2D eigenvalue weighted by atomic mass is 10.1. The van der Waals surface area contributed by atoms with Gasteiger partial charge in [0, 0.05) is 5.69 Å². The van der Waals surface area contributed by atoms with E-state index in [-0.39, 0.29) is 23.8 Å². The lowest BCUT2D eigenvalue weighted by Crippen LogP contribution is -2.22. The predicted molar refractivity (Wildman–Crippen MR) is 133 cm³/mol. The molecule has 1 heterocycles. The Balaban J connectivity index is 1.65. The molecule has 0 atom stereocenters. The van der Waals surface area contributed by atoms with E-state index in [2.05, 4.69) is 15.4 Å². The number of aliphatic imine (C=N–C) groups is 1. The van der Waals surface area contributed by atoms with Crippen molar-refractivity contribution in [3.8, 4) is 5.75 Å². The van der Waals surface area contributed by atoms with Gasteiger partial charge in [0.1, 0.15) is 23.0 Å². The standard InChI is InChI=1S/C26H24F3N5O2/c1-36-21-13-9-18(10-14-21)16-34-23(30)22(25(35)33-34)24(32-20-5-3-2-4-6-20)31-15-17-7-11-19(12-8-17)26(27,28)29/h2-14H,15-16,30H2,1H3,(H,31,32)(H,33,35). The highest BCUT2D eigenvalue weighted by atomic mass is 19.4. The molecule has 10 heteroatoms. The number of hydrogen-bond donors (Lipinski definition) is 3. The van der Waals surface area contributed by atoms with Gasteiger partial charge in [0.15, 0.2) is 0 Å². The number of nitrogens with two attached hydrogens (primary N) is 1. The smallest absolute Gasteiger partial charge is 0.416 e. The third kappa shape index (κ3) is 5.77. The van der Waals surface area contributed by atoms with Crippen LogP contribution in [0.5, 0.6) is 5.75 Å². The number of rotatable bonds is 7. The summed E-state index contributed by atoms with van der Waals surface area (Å²) in [5, 5.41) is 5.85. The van der Waals surface area contributed by atoms with E-state index in [0.29, 0.717) is 23.5 Å². The Kier molecular flexibility index (Phi) is 7.14. The second-order valence-electron chi connectivity index (χ2n) is 7.99. The summed E-state index contributed by atoms with van der Waals surface area (Å²) in [7, 11) is 1.58. The van der Waals surface area contributed by atoms with Crippen LogP contribution in [0.4, 0.5) is 24.7 Å². The molecule has 4 rings (SSSR count). The van der Waals surface area contributed by atoms with Crippen LogP contribution in [0, 0.1) is 0 Å². The molecule has 0 saturated carbocycles. The molecule has 0 aliphatic rings. The van der Waals surface area contributed by atoms with Gasteiger partial charge in [-0.2, -0.15) is 13.2 Å². The van der Waals surface area contributed by atoms with Crippen molar-refractivity contribution in [2.45, 2.75) is 19.3 Å². The first-order chi connectivity index (χ1) is 17.2. The molecule has 0 bridgehead atoms. The van der Waals surface area contributed by atoms with Crippen molar-refractivity contribution in [3.05, 3.63) is 111 Å². The Morgan fingerprint density at radius 1 is 1.00 bits per heavy atom. The van der Waals surface area contributed by atoms with Gasteiger partial charge in [0.2, 0.25) is 0 Å². The van der Waals surface area contributed by atoms with Crippen LogP contribution >= 0.6 is 0 Å². The number of halogens is 3. The molecule has 0 amide bonds. The Bertz CT molecular complexity index is 1390. The molecule has 4 N–H and O–H groups in total. The first kappa shape index (κ1) is 24.6. The number of nitrogens with zero attached hydrogens (tertiary/aromatic N) is 2. The van der Waals surface area contributed by atoms with Gasteiger partial charge in [-0.05, 0) is 47.5 Å². The zero-order valence-electron chi connectivity index (χ0n) is 19.3. The normalized spacial score (nSPS) is 11.9. The van der Waals surface area contributed by atoms with Gasteiger partial charge in [-0.15, -0.1) is 0 Å². The van der Waals surface area contributed by atoms with Gasteiger partial charge in [-0.1, -0.05) is 42.5 Å². The number of anilines is 2. The van der Waals surface area contributed by atoms with Gasteiger partial charge in [-0.3, -0.25) is 19.6 Å². The number of ether oxygens (including phenoxy) is 1. The number of nitrogens with one attached hydrogen (secondary N) is 2. The van der Waals surface area contributed by atoms with E-state index in [1.54, 1.807) is 19.2 Å². The second-order valence-corrected chi connectivity index (χ2v) is 7.99. The molecule has 0 spiro atoms. The molecular formula is C26H24F3N5O2. The van der Waals surface area contributed by atoms with Crippen molar-refractivity contribution >= 4 is 17.3 Å². The van der Waals surface area contributed by atoms with E-state index in [9.17, 15) is 18.0 Å². The van der Waals surface area contributed by atoms with Gasteiger partial charge >= 0.3 is 6.18 Å². The number of benzene rings is 3. The molecule has 186 valence electrons. The molecule has 4 aromatic rings. The minimum absolute atomic E-state index is 0.0375. The Morgan fingerprint density at radius 2 is 1.64 bits per heavy atom. The van der Waals surface area contributed by atoms with Crippen LogP contribution in [-0.2, 0) is 19.3 Å². The summed E-state index contributed by atoms with van der Waals surface area (Å²) in [6.45, 7) is 0.346. The summed E-state index contributed by atoms with van der Waals surface area (Å²) in [6.07, 6.45) is -4.42. The fourth-order valence-electron chi connectivity index (χ4n) is 3.57. The summed E-state index contributed by atoms with van der Waals surface area (Å²) in [4.78, 5) is 17.4. The minimum atomic E-state index is -4.42. The Labute approximate surface area is 205 Å². The third-order valence-corrected chi connectivity index (χ3v) is 5.48. The fourth-order valence-corrected chi connectivity index (χ4v) is 3.57. The molecule has 0 saturated heterocycles. The highest BCUT2D eigenvalue weighted by Crippen LogP contribution is 2.29. The van der Waals surface area contributed by atoms with Crippen molar-refractivity contribution in [2.24, 2.45) is 4.99 Å². The topological polar surface area (TPSA) is 97.4 Å². The van der Waals surface area contributed by atoms with Gasteiger partial charge in [0.25, 0.3) is 5.56 Å². The summed E-state index contributed by atoms with van der Waals surface area (Å²) in [5.41, 5.74) is 7.41. The average Bonchev–Trinajstić information content (AvgIpc) is 3.15. The van der Waals surface area contributed by atoms with Crippen molar-refractivity contribution in [1.82, 2.24) is 9.78 Å². The van der Waals surface area contributed by atoms with Crippen LogP contribution in [0.2, 0.25) is 0 Å². The minimum Gasteiger partial charge on any atom is -0.497 e. The van der Waals surface area contributed by atoms with Gasteiger partial charge < -0.3 is 15.8 Å². The van der Waals surface area contributed by atoms with Crippen molar-refractivity contribution in [1.29, 1.82) is 0 Å². The summed E-state index contributed by atoms with van der Waals surface area (Å²) in [5.74, 6) is 1.08. The molecule has 0 unspecified atom stereocenters. The quantitative estimate of drug-likeness (QED) is 0.251. The number of aromatic nitrogens is 2. The zero-order valence-corrected chi connectivity index (χ0v) is 19.3. The first-order valence-electron chi connectivity index (χ1n) is 11.0. The molecule has 0 aliphatic carbocycles. The second kappa shape index (κ2) is 10.4. The maximum atomic E-state index is 12.9. The maximum absolute atomic E-state index is 12.9. The van der Waals surface area contributed by atoms with E-state index in [1.165, 1.54) is 16.8 Å². The fraction of sp³-hybridized carbons (Fsp3) is 0.154. The highest BCUT2D eigenvalue weighted by Gasteiger charge is 2.29. The predicted octanol–water partition coefficient (Wildman–Crippen LogP) is 4.89. The van der Waals surface area contributed by atoms with E-state index in [0.717, 1.165) is 17.7 Å². The molecule has 0 radical (unpaired) electrons. The molecule has 0 fully saturated rings. The van der Waals surface area contributed by atoms with E-state index in [4.69, 9.17) is 10.5 Å². The number of nitrogen functional groups attached to an aromatic ring is 1. The lowest BCUT2D eigenvalue weighted by Gasteiger charge is -2.11. The molecule has 36 heavy (non-hydrogen) atoms. The SMILES string of the molecule is COc1ccc(Cn2[nH]c(=O)c(C(=NCc3ccc(C(F)(F)F)cc3)Nc3ccccc3)c2N)cc1. The zero-order chi connectivity index (χ0) is 25.7. The molecule has 3 aromatic carbocycles. The van der Waals surface area contributed by atoms with Crippen LogP contribution in [-0.4, -0.2) is 22.7 Å². The van der Waals surface area contributed by atoms with E-state index >= 15 is 0 Å². The molecular weight excluding hydrogens is 471 g/mol. The molecule has 1 aromatic heterocycles. The third-order valence-electron chi connectivity index (χ3n) is 5.48. The largest absolute Gasteiger partial charge is 0.497 e. The number of aromatic amines is 1. The van der Waals surface area contributed by atoms with Gasteiger partial charge in [0.05, 0.1) is 25.8 Å². The number of amidine groups is 1. The van der Waals surface area contributed by atoms with E-state index < -0.39 is 17.3 Å². The number of para-hydroxylation sites is 1. The number of methoxy groups -OCH3 is 1. The van der Waals surface area contributed by atoms with Crippen LogP contribution < -0.4 is 21.3 Å². The highest BCUT2D eigenvalue weighted by molar-refractivity contribution is 6.10. The summed E-state index contributed by atoms with van der Waals surface area (Å²) >= 11 is 0. The lowest BCUT2D eigenvalue weighted by molar-refractivity contribution is -0.137. The Morgan fingerprint density at radius 3 is 2.25 bits per heavy atom. The van der Waals surface area contributed by atoms with Crippen LogP contribution in [0.25, 0.3) is 0 Å². The number of H-pyrrole nitrogens is 1. The maximum Gasteiger partial charge on any atom is 0.416 e. The molecule has 0 aliphatic heterocycles. The van der Waals surface area contributed by atoms with Crippen LogP contribution in [0.15, 0.2) is 88.6 Å². The number of alkyl halides is 3. The van der Waals surface area contributed by atoms with Crippen molar-refractivity contribution in [3.63, 3.8) is 0 Å².